The lowest BCUT2D eigenvalue weighted by molar-refractivity contribution is 0.398. The van der Waals surface area contributed by atoms with Crippen molar-refractivity contribution in [1.29, 1.82) is 0 Å². The number of nitrogens with one attached hydrogen (secondary N) is 1. The van der Waals surface area contributed by atoms with Crippen LogP contribution in [0, 0.1) is 5.92 Å². The van der Waals surface area contributed by atoms with Gasteiger partial charge in [-0.3, -0.25) is 0 Å². The maximum Gasteiger partial charge on any atom is 0.0175 e. The van der Waals surface area contributed by atoms with Crippen molar-refractivity contribution < 1.29 is 0 Å². The first-order valence-electron chi connectivity index (χ1n) is 7.09. The van der Waals surface area contributed by atoms with E-state index < -0.39 is 0 Å². The normalized spacial score (nSPS) is 12.9. The molecular formula is C16H26BrN. The van der Waals surface area contributed by atoms with Crippen LogP contribution < -0.4 is 5.32 Å². The van der Waals surface area contributed by atoms with Gasteiger partial charge in [0.15, 0.2) is 0 Å². The van der Waals surface area contributed by atoms with Crippen molar-refractivity contribution in [1.82, 2.24) is 5.32 Å². The van der Waals surface area contributed by atoms with Crippen LogP contribution >= 0.6 is 15.9 Å². The fraction of sp³-hybridized carbons (Fsp3) is 0.625. The molecular weight excluding hydrogens is 286 g/mol. The van der Waals surface area contributed by atoms with Crippen molar-refractivity contribution in [3.63, 3.8) is 0 Å². The number of hydrogen-bond acceptors (Lipinski definition) is 1. The van der Waals surface area contributed by atoms with Crippen molar-refractivity contribution in [2.45, 2.75) is 52.5 Å². The van der Waals surface area contributed by atoms with E-state index in [4.69, 9.17) is 0 Å². The van der Waals surface area contributed by atoms with Gasteiger partial charge in [0.1, 0.15) is 0 Å². The highest BCUT2D eigenvalue weighted by Crippen LogP contribution is 2.15. The fourth-order valence-electron chi connectivity index (χ4n) is 2.21. The Balaban J connectivity index is 2.42. The first-order chi connectivity index (χ1) is 8.61. The van der Waals surface area contributed by atoms with E-state index in [-0.39, 0.29) is 0 Å². The highest BCUT2D eigenvalue weighted by atomic mass is 79.9. The third-order valence-electron chi connectivity index (χ3n) is 3.13. The van der Waals surface area contributed by atoms with Gasteiger partial charge < -0.3 is 5.32 Å². The highest BCUT2D eigenvalue weighted by molar-refractivity contribution is 9.10. The van der Waals surface area contributed by atoms with Crippen molar-refractivity contribution in [3.8, 4) is 0 Å². The van der Waals surface area contributed by atoms with Gasteiger partial charge in [-0.15, -0.1) is 0 Å². The van der Waals surface area contributed by atoms with E-state index in [2.05, 4.69) is 66.3 Å². The van der Waals surface area contributed by atoms with Crippen LogP contribution in [0.4, 0.5) is 0 Å². The van der Waals surface area contributed by atoms with Gasteiger partial charge in [0.05, 0.1) is 0 Å². The lowest BCUT2D eigenvalue weighted by Gasteiger charge is -2.20. The number of hydrogen-bond donors (Lipinski definition) is 1. The predicted octanol–water partition coefficient (Wildman–Crippen LogP) is 4.80. The number of rotatable bonds is 8. The lowest BCUT2D eigenvalue weighted by Crippen LogP contribution is -2.31. The monoisotopic (exact) mass is 311 g/mol. The van der Waals surface area contributed by atoms with Gasteiger partial charge in [-0.2, -0.15) is 0 Å². The molecule has 0 aromatic heterocycles. The molecule has 0 saturated carbocycles. The number of halogens is 1. The van der Waals surface area contributed by atoms with Crippen LogP contribution in [0.5, 0.6) is 0 Å². The average molecular weight is 312 g/mol. The van der Waals surface area contributed by atoms with Crippen molar-refractivity contribution in [3.05, 3.63) is 34.3 Å². The zero-order valence-electron chi connectivity index (χ0n) is 11.9. The van der Waals surface area contributed by atoms with Gasteiger partial charge >= 0.3 is 0 Å². The molecule has 0 aliphatic rings. The molecule has 1 atom stereocenters. The van der Waals surface area contributed by atoms with E-state index in [0.29, 0.717) is 6.04 Å². The first-order valence-corrected chi connectivity index (χ1v) is 7.89. The van der Waals surface area contributed by atoms with Crippen LogP contribution in [0.25, 0.3) is 0 Å². The van der Waals surface area contributed by atoms with Gasteiger partial charge in [-0.05, 0) is 55.8 Å². The molecule has 102 valence electrons. The molecule has 0 heterocycles. The summed E-state index contributed by atoms with van der Waals surface area (Å²) in [5.74, 6) is 0.768. The van der Waals surface area contributed by atoms with Gasteiger partial charge in [0.2, 0.25) is 0 Å². The second-order valence-corrected chi connectivity index (χ2v) is 6.36. The minimum atomic E-state index is 0.661. The maximum absolute atomic E-state index is 3.67. The largest absolute Gasteiger partial charge is 0.314 e. The molecule has 1 rings (SSSR count). The molecule has 1 nitrogen and oxygen atoms in total. The second kappa shape index (κ2) is 8.71. The van der Waals surface area contributed by atoms with E-state index in [1.54, 1.807) is 0 Å². The zero-order valence-corrected chi connectivity index (χ0v) is 13.5. The molecule has 1 N–H and O–H groups in total. The molecule has 18 heavy (non-hydrogen) atoms. The number of aryl methyl sites for hydroxylation is 1. The summed E-state index contributed by atoms with van der Waals surface area (Å²) in [6.45, 7) is 7.98. The molecule has 0 aliphatic heterocycles. The van der Waals surface area contributed by atoms with Gasteiger partial charge in [-0.25, -0.2) is 0 Å². The second-order valence-electron chi connectivity index (χ2n) is 5.45. The Bertz CT molecular complexity index is 318. The summed E-state index contributed by atoms with van der Waals surface area (Å²) in [7, 11) is 0. The molecule has 0 spiro atoms. The van der Waals surface area contributed by atoms with Gasteiger partial charge in [0, 0.05) is 10.5 Å². The summed E-state index contributed by atoms with van der Waals surface area (Å²) in [6.07, 6.45) is 4.89. The highest BCUT2D eigenvalue weighted by Gasteiger charge is 2.10. The Hall–Kier alpha value is -0.340. The minimum absolute atomic E-state index is 0.661. The van der Waals surface area contributed by atoms with Crippen LogP contribution in [0.2, 0.25) is 0 Å². The van der Waals surface area contributed by atoms with Crippen LogP contribution in [-0.2, 0) is 6.42 Å². The summed E-state index contributed by atoms with van der Waals surface area (Å²) < 4.78 is 1.16. The summed E-state index contributed by atoms with van der Waals surface area (Å²) in [6, 6.07) is 9.36. The predicted molar refractivity (Wildman–Crippen MR) is 84.0 cm³/mol. The zero-order chi connectivity index (χ0) is 13.4. The molecule has 0 radical (unpaired) electrons. The third kappa shape index (κ3) is 6.55. The summed E-state index contributed by atoms with van der Waals surface area (Å²) in [5, 5.41) is 3.67. The summed E-state index contributed by atoms with van der Waals surface area (Å²) in [5.41, 5.74) is 1.44. The average Bonchev–Trinajstić information content (AvgIpc) is 2.34. The van der Waals surface area contributed by atoms with Crippen molar-refractivity contribution >= 4 is 15.9 Å². The SMILES string of the molecule is CCCNC(CCc1ccc(Br)cc1)CC(C)C. The Kier molecular flexibility index (Phi) is 7.60. The van der Waals surface area contributed by atoms with Crippen LogP contribution in [-0.4, -0.2) is 12.6 Å². The molecule has 0 bridgehead atoms. The van der Waals surface area contributed by atoms with E-state index in [1.165, 1.54) is 31.2 Å². The first kappa shape index (κ1) is 15.7. The molecule has 2 heteroatoms. The third-order valence-corrected chi connectivity index (χ3v) is 3.66. The molecule has 0 fully saturated rings. The van der Waals surface area contributed by atoms with Gasteiger partial charge in [0.25, 0.3) is 0 Å². The maximum atomic E-state index is 3.67. The summed E-state index contributed by atoms with van der Waals surface area (Å²) >= 11 is 3.48. The molecule has 1 aromatic rings. The molecule has 0 amide bonds. The quantitative estimate of drug-likeness (QED) is 0.727. The molecule has 1 unspecified atom stereocenters. The van der Waals surface area contributed by atoms with E-state index in [0.717, 1.165) is 16.9 Å². The van der Waals surface area contributed by atoms with Crippen molar-refractivity contribution in [2.75, 3.05) is 6.54 Å². The van der Waals surface area contributed by atoms with Crippen LogP contribution in [0.15, 0.2) is 28.7 Å². The van der Waals surface area contributed by atoms with Crippen LogP contribution in [0.3, 0.4) is 0 Å². The van der Waals surface area contributed by atoms with E-state index in [9.17, 15) is 0 Å². The van der Waals surface area contributed by atoms with E-state index >= 15 is 0 Å². The lowest BCUT2D eigenvalue weighted by atomic mass is 9.97. The standard InChI is InChI=1S/C16H26BrN/c1-4-11-18-16(12-13(2)3)10-7-14-5-8-15(17)9-6-14/h5-6,8-9,13,16,18H,4,7,10-12H2,1-3H3. The van der Waals surface area contributed by atoms with Crippen LogP contribution in [0.1, 0.15) is 45.6 Å². The van der Waals surface area contributed by atoms with Crippen molar-refractivity contribution in [2.24, 2.45) is 5.92 Å². The van der Waals surface area contributed by atoms with Gasteiger partial charge in [-0.1, -0.05) is 48.8 Å². The fourth-order valence-corrected chi connectivity index (χ4v) is 2.48. The topological polar surface area (TPSA) is 12.0 Å². The summed E-state index contributed by atoms with van der Waals surface area (Å²) in [4.78, 5) is 0. The minimum Gasteiger partial charge on any atom is -0.314 e. The Labute approximate surface area is 120 Å². The molecule has 0 aliphatic carbocycles. The molecule has 0 saturated heterocycles. The van der Waals surface area contributed by atoms with E-state index in [1.807, 2.05) is 0 Å². The molecule has 1 aromatic carbocycles. The smallest absolute Gasteiger partial charge is 0.0175 e. The Morgan fingerprint density at radius 1 is 1.17 bits per heavy atom. The Morgan fingerprint density at radius 2 is 1.83 bits per heavy atom. The Morgan fingerprint density at radius 3 is 2.39 bits per heavy atom. The number of benzene rings is 1.